The number of ether oxygens (including phenoxy) is 1. The first-order valence-electron chi connectivity index (χ1n) is 7.40. The van der Waals surface area contributed by atoms with Gasteiger partial charge in [0.15, 0.2) is 0 Å². The molecule has 2 atom stereocenters. The molecular formula is C16H22N2O3S. The maximum absolute atomic E-state index is 12.5. The quantitative estimate of drug-likeness (QED) is 0.840. The molecule has 0 aromatic heterocycles. The zero-order valence-electron chi connectivity index (χ0n) is 13.0. The van der Waals surface area contributed by atoms with E-state index in [4.69, 9.17) is 10.5 Å². The van der Waals surface area contributed by atoms with Gasteiger partial charge >= 0.3 is 0 Å². The van der Waals surface area contributed by atoms with Gasteiger partial charge in [-0.15, -0.1) is 11.8 Å². The molecule has 1 fully saturated rings. The van der Waals surface area contributed by atoms with Crippen molar-refractivity contribution >= 4 is 23.6 Å². The summed E-state index contributed by atoms with van der Waals surface area (Å²) in [6, 6.07) is 7.65. The summed E-state index contributed by atoms with van der Waals surface area (Å²) in [5.74, 6) is 0.299. The molecule has 5 nitrogen and oxygen atoms in total. The minimum absolute atomic E-state index is 0.0544. The lowest BCUT2D eigenvalue weighted by Crippen LogP contribution is -2.46. The number of rotatable bonds is 5. The highest BCUT2D eigenvalue weighted by molar-refractivity contribution is 8.00. The largest absolute Gasteiger partial charge is 0.497 e. The maximum atomic E-state index is 12.5. The minimum atomic E-state index is -0.314. The predicted molar refractivity (Wildman–Crippen MR) is 86.8 cm³/mol. The van der Waals surface area contributed by atoms with Crippen molar-refractivity contribution in [1.82, 2.24) is 4.90 Å². The second-order valence-corrected chi connectivity index (χ2v) is 6.88. The van der Waals surface area contributed by atoms with Crippen molar-refractivity contribution in [2.24, 2.45) is 11.7 Å². The number of piperidine rings is 1. The molecule has 120 valence electrons. The first-order valence-corrected chi connectivity index (χ1v) is 8.28. The number of benzene rings is 1. The van der Waals surface area contributed by atoms with Gasteiger partial charge in [-0.1, -0.05) is 6.07 Å². The summed E-state index contributed by atoms with van der Waals surface area (Å²) in [6.07, 6.45) is 1.60. The molecule has 0 bridgehead atoms. The third-order valence-electron chi connectivity index (χ3n) is 3.84. The fourth-order valence-corrected chi connectivity index (χ4v) is 3.60. The Balaban J connectivity index is 1.97. The summed E-state index contributed by atoms with van der Waals surface area (Å²) in [6.45, 7) is 3.03. The van der Waals surface area contributed by atoms with Crippen molar-refractivity contribution in [2.45, 2.75) is 29.9 Å². The average molecular weight is 322 g/mol. The first kappa shape index (κ1) is 16.7. The lowest BCUT2D eigenvalue weighted by Gasteiger charge is -2.32. The lowest BCUT2D eigenvalue weighted by molar-refractivity contribution is -0.134. The Labute approximate surface area is 135 Å². The number of nitrogens with two attached hydrogens (primary N) is 1. The molecule has 1 heterocycles. The lowest BCUT2D eigenvalue weighted by atomic mass is 9.97. The van der Waals surface area contributed by atoms with Gasteiger partial charge in [-0.3, -0.25) is 9.59 Å². The van der Waals surface area contributed by atoms with Gasteiger partial charge in [-0.05, 0) is 38.0 Å². The molecule has 6 heteroatoms. The fourth-order valence-electron chi connectivity index (χ4n) is 2.60. The van der Waals surface area contributed by atoms with Crippen molar-refractivity contribution in [3.05, 3.63) is 24.3 Å². The van der Waals surface area contributed by atoms with Crippen LogP contribution in [0.4, 0.5) is 0 Å². The van der Waals surface area contributed by atoms with E-state index in [9.17, 15) is 9.59 Å². The number of primary amides is 1. The van der Waals surface area contributed by atoms with Crippen molar-refractivity contribution in [2.75, 3.05) is 20.2 Å². The number of thioether (sulfide) groups is 1. The van der Waals surface area contributed by atoms with E-state index in [2.05, 4.69) is 0 Å². The van der Waals surface area contributed by atoms with E-state index in [0.717, 1.165) is 23.5 Å². The van der Waals surface area contributed by atoms with Gasteiger partial charge < -0.3 is 15.4 Å². The molecule has 0 aliphatic carbocycles. The summed E-state index contributed by atoms with van der Waals surface area (Å²) >= 11 is 1.50. The van der Waals surface area contributed by atoms with Crippen LogP contribution in [0.25, 0.3) is 0 Å². The monoisotopic (exact) mass is 322 g/mol. The molecular weight excluding hydrogens is 300 g/mol. The molecule has 1 aromatic rings. The molecule has 2 rings (SSSR count). The highest BCUT2D eigenvalue weighted by Gasteiger charge is 2.29. The topological polar surface area (TPSA) is 72.6 Å². The van der Waals surface area contributed by atoms with Crippen LogP contribution in [0, 0.1) is 5.92 Å². The van der Waals surface area contributed by atoms with Crippen LogP contribution in [0.3, 0.4) is 0 Å². The normalized spacial score (nSPS) is 19.5. The molecule has 0 radical (unpaired) electrons. The molecule has 0 spiro atoms. The first-order chi connectivity index (χ1) is 10.5. The van der Waals surface area contributed by atoms with Crippen molar-refractivity contribution in [1.29, 1.82) is 0 Å². The summed E-state index contributed by atoms with van der Waals surface area (Å²) in [4.78, 5) is 26.6. The van der Waals surface area contributed by atoms with E-state index >= 15 is 0 Å². The number of carbonyl (C=O) groups excluding carboxylic acids is 2. The standard InChI is InChI=1S/C16H22N2O3S/c1-11(22-14-7-3-6-13(9-14)21-2)16(20)18-8-4-5-12(10-18)15(17)19/h3,6-7,9,11-12H,4-5,8,10H2,1-2H3,(H2,17,19). The molecule has 0 saturated carbocycles. The SMILES string of the molecule is COc1cccc(SC(C)C(=O)N2CCCC(C(N)=O)C2)c1. The minimum Gasteiger partial charge on any atom is -0.497 e. The van der Waals surface area contributed by atoms with Crippen molar-refractivity contribution in [3.8, 4) is 5.75 Å². The molecule has 2 N–H and O–H groups in total. The third kappa shape index (κ3) is 4.16. The molecule has 1 aliphatic rings. The number of amides is 2. The Hall–Kier alpha value is -1.69. The van der Waals surface area contributed by atoms with Gasteiger partial charge in [0.1, 0.15) is 5.75 Å². The van der Waals surface area contributed by atoms with Gasteiger partial charge in [0.2, 0.25) is 11.8 Å². The Kier molecular flexibility index (Phi) is 5.71. The van der Waals surface area contributed by atoms with Crippen LogP contribution in [0.1, 0.15) is 19.8 Å². The zero-order chi connectivity index (χ0) is 16.1. The van der Waals surface area contributed by atoms with Gasteiger partial charge in [-0.2, -0.15) is 0 Å². The summed E-state index contributed by atoms with van der Waals surface area (Å²) < 4.78 is 5.19. The molecule has 2 amide bonds. The van der Waals surface area contributed by atoms with E-state index in [1.54, 1.807) is 12.0 Å². The van der Waals surface area contributed by atoms with Crippen LogP contribution >= 0.6 is 11.8 Å². The van der Waals surface area contributed by atoms with Crippen LogP contribution in [0.15, 0.2) is 29.2 Å². The van der Waals surface area contributed by atoms with E-state index in [0.29, 0.717) is 13.1 Å². The second-order valence-electron chi connectivity index (χ2n) is 5.46. The summed E-state index contributed by atoms with van der Waals surface area (Å²) in [5, 5.41) is -0.210. The molecule has 1 aliphatic heterocycles. The molecule has 2 unspecified atom stereocenters. The number of nitrogens with zero attached hydrogens (tertiary/aromatic N) is 1. The predicted octanol–water partition coefficient (Wildman–Crippen LogP) is 1.90. The van der Waals surface area contributed by atoms with Gasteiger partial charge in [0.05, 0.1) is 18.3 Å². The fraction of sp³-hybridized carbons (Fsp3) is 0.500. The Bertz CT molecular complexity index is 550. The van der Waals surface area contributed by atoms with Gasteiger partial charge in [-0.25, -0.2) is 0 Å². The van der Waals surface area contributed by atoms with Crippen LogP contribution in [0.2, 0.25) is 0 Å². The summed E-state index contributed by atoms with van der Waals surface area (Å²) in [7, 11) is 1.62. The van der Waals surface area contributed by atoms with E-state index in [1.165, 1.54) is 11.8 Å². The van der Waals surface area contributed by atoms with Crippen LogP contribution in [0.5, 0.6) is 5.75 Å². The number of likely N-dealkylation sites (tertiary alicyclic amines) is 1. The Morgan fingerprint density at radius 3 is 2.91 bits per heavy atom. The van der Waals surface area contributed by atoms with Crippen LogP contribution in [-0.4, -0.2) is 42.2 Å². The maximum Gasteiger partial charge on any atom is 0.235 e. The Morgan fingerprint density at radius 2 is 2.23 bits per heavy atom. The van der Waals surface area contributed by atoms with Crippen molar-refractivity contribution < 1.29 is 14.3 Å². The number of hydrogen-bond acceptors (Lipinski definition) is 4. The smallest absolute Gasteiger partial charge is 0.235 e. The third-order valence-corrected chi connectivity index (χ3v) is 4.92. The highest BCUT2D eigenvalue weighted by atomic mass is 32.2. The van der Waals surface area contributed by atoms with E-state index < -0.39 is 0 Å². The average Bonchev–Trinajstić information content (AvgIpc) is 2.54. The van der Waals surface area contributed by atoms with Crippen LogP contribution < -0.4 is 10.5 Å². The molecule has 1 aromatic carbocycles. The highest BCUT2D eigenvalue weighted by Crippen LogP contribution is 2.28. The van der Waals surface area contributed by atoms with Gasteiger partial charge in [0.25, 0.3) is 0 Å². The van der Waals surface area contributed by atoms with E-state index in [1.807, 2.05) is 31.2 Å². The van der Waals surface area contributed by atoms with Crippen molar-refractivity contribution in [3.63, 3.8) is 0 Å². The molecule has 22 heavy (non-hydrogen) atoms. The van der Waals surface area contributed by atoms with Crippen LogP contribution in [-0.2, 0) is 9.59 Å². The zero-order valence-corrected chi connectivity index (χ0v) is 13.8. The summed E-state index contributed by atoms with van der Waals surface area (Å²) in [5.41, 5.74) is 5.37. The Morgan fingerprint density at radius 1 is 1.45 bits per heavy atom. The number of carbonyl (C=O) groups is 2. The number of hydrogen-bond donors (Lipinski definition) is 1. The molecule has 1 saturated heterocycles. The van der Waals surface area contributed by atoms with E-state index in [-0.39, 0.29) is 23.0 Å². The number of methoxy groups -OCH3 is 1. The second kappa shape index (κ2) is 7.54. The van der Waals surface area contributed by atoms with Gasteiger partial charge in [0, 0.05) is 18.0 Å².